The third-order valence-corrected chi connectivity index (χ3v) is 4.73. The van der Waals surface area contributed by atoms with Gasteiger partial charge < -0.3 is 16.3 Å². The molecule has 0 atom stereocenters. The van der Waals surface area contributed by atoms with Crippen LogP contribution in [0.2, 0.25) is 0 Å². The second-order valence-electron chi connectivity index (χ2n) is 4.84. The molecule has 0 spiro atoms. The summed E-state index contributed by atoms with van der Waals surface area (Å²) < 4.78 is 24.7. The van der Waals surface area contributed by atoms with Crippen LogP contribution in [0.1, 0.15) is 24.0 Å². The summed E-state index contributed by atoms with van der Waals surface area (Å²) in [5.41, 5.74) is 6.56. The second-order valence-corrected chi connectivity index (χ2v) is 6.53. The first-order valence-corrected chi connectivity index (χ1v) is 7.93. The highest BCUT2D eigenvalue weighted by molar-refractivity contribution is 7.85. The average Bonchev–Trinajstić information content (AvgIpc) is 2.45. The molecule has 1 aliphatic heterocycles. The minimum atomic E-state index is -0.684. The minimum absolute atomic E-state index is 0.112. The standard InChI is InChI=1S/C13H18FN3O2S/c14-11-6-9(5-10(7-11)13(15)17-18)8-16-12-1-3-20(19)4-2-12/h5-7,12,16,18H,1-4,8H2,(H2,15,17). The zero-order valence-corrected chi connectivity index (χ0v) is 11.8. The fourth-order valence-corrected chi connectivity index (χ4v) is 3.52. The van der Waals surface area contributed by atoms with Gasteiger partial charge in [-0.2, -0.15) is 0 Å². The molecule has 0 bridgehead atoms. The molecule has 1 aliphatic rings. The Hall–Kier alpha value is -1.47. The monoisotopic (exact) mass is 299 g/mol. The summed E-state index contributed by atoms with van der Waals surface area (Å²) in [7, 11) is -0.684. The van der Waals surface area contributed by atoms with Crippen molar-refractivity contribution in [2.24, 2.45) is 10.9 Å². The van der Waals surface area contributed by atoms with Gasteiger partial charge in [0.1, 0.15) is 5.82 Å². The number of benzene rings is 1. The van der Waals surface area contributed by atoms with Gasteiger partial charge >= 0.3 is 0 Å². The van der Waals surface area contributed by atoms with Gasteiger partial charge in [-0.1, -0.05) is 5.16 Å². The predicted molar refractivity (Wildman–Crippen MR) is 76.6 cm³/mol. The molecule has 1 heterocycles. The van der Waals surface area contributed by atoms with Crippen LogP contribution >= 0.6 is 0 Å². The van der Waals surface area contributed by atoms with E-state index in [0.29, 0.717) is 18.2 Å². The smallest absolute Gasteiger partial charge is 0.170 e. The Balaban J connectivity index is 1.99. The van der Waals surface area contributed by atoms with Crippen molar-refractivity contribution in [3.63, 3.8) is 0 Å². The predicted octanol–water partition coefficient (Wildman–Crippen LogP) is 0.921. The molecule has 2 rings (SSSR count). The van der Waals surface area contributed by atoms with Crippen LogP contribution in [0.25, 0.3) is 0 Å². The Labute approximate surface area is 119 Å². The minimum Gasteiger partial charge on any atom is -0.409 e. The maximum atomic E-state index is 13.5. The van der Waals surface area contributed by atoms with Crippen molar-refractivity contribution in [2.45, 2.75) is 25.4 Å². The number of oxime groups is 1. The SMILES string of the molecule is N/C(=N/O)c1cc(F)cc(CNC2CCS(=O)CC2)c1. The van der Waals surface area contributed by atoms with E-state index in [0.717, 1.165) is 29.9 Å². The van der Waals surface area contributed by atoms with Crippen molar-refractivity contribution >= 4 is 16.6 Å². The number of nitrogens with one attached hydrogen (secondary N) is 1. The summed E-state index contributed by atoms with van der Waals surface area (Å²) in [6.07, 6.45) is 1.74. The van der Waals surface area contributed by atoms with E-state index in [2.05, 4.69) is 10.5 Å². The van der Waals surface area contributed by atoms with E-state index in [4.69, 9.17) is 10.9 Å². The van der Waals surface area contributed by atoms with Gasteiger partial charge in [-0.05, 0) is 36.6 Å². The maximum Gasteiger partial charge on any atom is 0.170 e. The Morgan fingerprint density at radius 2 is 2.15 bits per heavy atom. The molecule has 0 aromatic heterocycles. The highest BCUT2D eigenvalue weighted by Gasteiger charge is 2.17. The van der Waals surface area contributed by atoms with Gasteiger partial charge in [0.05, 0.1) is 0 Å². The molecular formula is C13H18FN3O2S. The Bertz CT molecular complexity index is 526. The van der Waals surface area contributed by atoms with Crippen LogP contribution in [0.3, 0.4) is 0 Å². The van der Waals surface area contributed by atoms with E-state index in [9.17, 15) is 8.60 Å². The number of nitrogens with zero attached hydrogens (tertiary/aromatic N) is 1. The summed E-state index contributed by atoms with van der Waals surface area (Å²) in [5, 5.41) is 14.8. The summed E-state index contributed by atoms with van der Waals surface area (Å²) >= 11 is 0. The molecule has 1 aromatic rings. The largest absolute Gasteiger partial charge is 0.409 e. The van der Waals surface area contributed by atoms with Crippen molar-refractivity contribution in [2.75, 3.05) is 11.5 Å². The molecule has 0 saturated carbocycles. The van der Waals surface area contributed by atoms with E-state index in [1.165, 1.54) is 12.1 Å². The summed E-state index contributed by atoms with van der Waals surface area (Å²) in [6, 6.07) is 4.64. The van der Waals surface area contributed by atoms with Crippen LogP contribution in [-0.4, -0.2) is 32.8 Å². The third kappa shape index (κ3) is 4.01. The molecular weight excluding hydrogens is 281 g/mol. The summed E-state index contributed by atoms with van der Waals surface area (Å²) in [5.74, 6) is 0.904. The van der Waals surface area contributed by atoms with Crippen LogP contribution < -0.4 is 11.1 Å². The van der Waals surface area contributed by atoms with Crippen molar-refractivity contribution in [3.05, 3.63) is 35.1 Å². The Kier molecular flexibility index (Phi) is 5.08. The van der Waals surface area contributed by atoms with Crippen LogP contribution in [0.4, 0.5) is 4.39 Å². The molecule has 1 aromatic carbocycles. The van der Waals surface area contributed by atoms with Gasteiger partial charge in [-0.15, -0.1) is 0 Å². The zero-order chi connectivity index (χ0) is 14.5. The van der Waals surface area contributed by atoms with Gasteiger partial charge in [-0.3, -0.25) is 4.21 Å². The fourth-order valence-electron chi connectivity index (χ4n) is 2.22. The number of rotatable bonds is 4. The number of halogens is 1. The van der Waals surface area contributed by atoms with Gasteiger partial charge in [0, 0.05) is 40.5 Å². The molecule has 4 N–H and O–H groups in total. The highest BCUT2D eigenvalue weighted by Crippen LogP contribution is 2.12. The van der Waals surface area contributed by atoms with Crippen molar-refractivity contribution < 1.29 is 13.8 Å². The second kappa shape index (κ2) is 6.81. The molecule has 5 nitrogen and oxygen atoms in total. The summed E-state index contributed by atoms with van der Waals surface area (Å²) in [6.45, 7) is 0.501. The molecule has 0 unspecified atom stereocenters. The lowest BCUT2D eigenvalue weighted by molar-refractivity contribution is 0.318. The van der Waals surface area contributed by atoms with Crippen LogP contribution in [0, 0.1) is 5.82 Å². The van der Waals surface area contributed by atoms with Gasteiger partial charge in [0.2, 0.25) is 0 Å². The molecule has 0 amide bonds. The van der Waals surface area contributed by atoms with E-state index < -0.39 is 16.6 Å². The lowest BCUT2D eigenvalue weighted by Crippen LogP contribution is -2.35. The third-order valence-electron chi connectivity index (χ3n) is 3.34. The van der Waals surface area contributed by atoms with Gasteiger partial charge in [-0.25, -0.2) is 4.39 Å². The first kappa shape index (κ1) is 14.9. The van der Waals surface area contributed by atoms with Gasteiger partial charge in [0.25, 0.3) is 0 Å². The molecule has 7 heteroatoms. The van der Waals surface area contributed by atoms with Crippen LogP contribution in [-0.2, 0) is 17.3 Å². The first-order chi connectivity index (χ1) is 9.58. The number of hydrogen-bond acceptors (Lipinski definition) is 4. The molecule has 1 fully saturated rings. The van der Waals surface area contributed by atoms with E-state index >= 15 is 0 Å². The van der Waals surface area contributed by atoms with E-state index in [1.807, 2.05) is 0 Å². The number of hydrogen-bond donors (Lipinski definition) is 3. The molecule has 0 aliphatic carbocycles. The Morgan fingerprint density at radius 1 is 1.45 bits per heavy atom. The van der Waals surface area contributed by atoms with E-state index in [-0.39, 0.29) is 5.84 Å². The Morgan fingerprint density at radius 3 is 2.80 bits per heavy atom. The molecule has 110 valence electrons. The number of nitrogens with two attached hydrogens (primary N) is 1. The fraction of sp³-hybridized carbons (Fsp3) is 0.462. The molecule has 1 saturated heterocycles. The normalized spacial score (nSPS) is 23.8. The lowest BCUT2D eigenvalue weighted by atomic mass is 10.1. The van der Waals surface area contributed by atoms with Gasteiger partial charge in [0.15, 0.2) is 5.84 Å². The maximum absolute atomic E-state index is 13.5. The van der Waals surface area contributed by atoms with E-state index in [1.54, 1.807) is 6.07 Å². The quantitative estimate of drug-likeness (QED) is 0.334. The number of amidine groups is 1. The topological polar surface area (TPSA) is 87.7 Å². The van der Waals surface area contributed by atoms with Crippen molar-refractivity contribution in [3.8, 4) is 0 Å². The average molecular weight is 299 g/mol. The zero-order valence-electron chi connectivity index (χ0n) is 11.0. The van der Waals surface area contributed by atoms with Crippen molar-refractivity contribution in [1.29, 1.82) is 0 Å². The summed E-state index contributed by atoms with van der Waals surface area (Å²) in [4.78, 5) is 0. The molecule has 20 heavy (non-hydrogen) atoms. The van der Waals surface area contributed by atoms with Crippen LogP contribution in [0.15, 0.2) is 23.4 Å². The van der Waals surface area contributed by atoms with Crippen molar-refractivity contribution in [1.82, 2.24) is 5.32 Å². The first-order valence-electron chi connectivity index (χ1n) is 6.44. The molecule has 0 radical (unpaired) electrons. The lowest BCUT2D eigenvalue weighted by Gasteiger charge is -2.22. The van der Waals surface area contributed by atoms with Crippen LogP contribution in [0.5, 0.6) is 0 Å². The highest BCUT2D eigenvalue weighted by atomic mass is 32.2.